The topological polar surface area (TPSA) is 128 Å². The molecule has 5 heterocycles. The van der Waals surface area contributed by atoms with Crippen LogP contribution >= 0.6 is 0 Å². The molecule has 1 fully saturated rings. The molecule has 0 saturated heterocycles. The standard InChI is InChI=1S/C27H21FN8O/c28-22-18(16-10-17(13-30-12-16)32-27(37)14-3-4-14)5-6-20-21(22)24(36-35-20)26-33-23-19(7-9-31-25(23)34-26)15-2-1-8-29-11-15/h1-2,5-14,27,32,37H,3-4H2,(H,35,36)(H,31,33,34). The lowest BCUT2D eigenvalue weighted by Gasteiger charge is -2.14. The number of H-pyrrole nitrogens is 2. The highest BCUT2D eigenvalue weighted by Gasteiger charge is 2.29. The first kappa shape index (κ1) is 21.6. The van der Waals surface area contributed by atoms with Crippen LogP contribution in [0.2, 0.25) is 0 Å². The third-order valence-corrected chi connectivity index (χ3v) is 6.68. The SMILES string of the molecule is OC(Nc1cncc(-c2ccc3[nH]nc(-c4nc5c(-c6cccnc6)ccnc5[nH]4)c3c2F)c1)C1CC1. The Balaban J connectivity index is 1.32. The first-order chi connectivity index (χ1) is 18.2. The van der Waals surface area contributed by atoms with Crippen molar-refractivity contribution in [3.63, 3.8) is 0 Å². The van der Waals surface area contributed by atoms with Crippen LogP contribution < -0.4 is 5.32 Å². The molecule has 7 rings (SSSR count). The van der Waals surface area contributed by atoms with Gasteiger partial charge in [-0.15, -0.1) is 0 Å². The van der Waals surface area contributed by atoms with Gasteiger partial charge in [-0.1, -0.05) is 6.07 Å². The minimum Gasteiger partial charge on any atom is -0.374 e. The van der Waals surface area contributed by atoms with Gasteiger partial charge in [-0.05, 0) is 43.2 Å². The third kappa shape index (κ3) is 3.78. The predicted octanol–water partition coefficient (Wildman–Crippen LogP) is 4.90. The molecule has 6 aromatic rings. The normalized spacial score (nSPS) is 14.3. The minimum absolute atomic E-state index is 0.252. The smallest absolute Gasteiger partial charge is 0.161 e. The number of halogens is 1. The number of nitrogens with zero attached hydrogens (tertiary/aromatic N) is 5. The number of benzene rings is 1. The molecule has 0 spiro atoms. The van der Waals surface area contributed by atoms with Gasteiger partial charge in [0.1, 0.15) is 23.3 Å². The zero-order valence-electron chi connectivity index (χ0n) is 19.5. The zero-order valence-corrected chi connectivity index (χ0v) is 19.5. The van der Waals surface area contributed by atoms with E-state index in [0.29, 0.717) is 50.4 Å². The Morgan fingerprint density at radius 2 is 1.89 bits per heavy atom. The summed E-state index contributed by atoms with van der Waals surface area (Å²) < 4.78 is 16.0. The Labute approximate surface area is 209 Å². The van der Waals surface area contributed by atoms with Crippen molar-refractivity contribution in [2.24, 2.45) is 5.92 Å². The van der Waals surface area contributed by atoms with Crippen molar-refractivity contribution in [3.05, 3.63) is 73.2 Å². The summed E-state index contributed by atoms with van der Waals surface area (Å²) in [5.74, 6) is 0.216. The molecule has 0 bridgehead atoms. The van der Waals surface area contributed by atoms with Gasteiger partial charge in [0.25, 0.3) is 0 Å². The van der Waals surface area contributed by atoms with E-state index in [1.54, 1.807) is 49.2 Å². The molecule has 0 aliphatic heterocycles. The summed E-state index contributed by atoms with van der Waals surface area (Å²) in [5.41, 5.74) is 5.49. The number of anilines is 1. The van der Waals surface area contributed by atoms with E-state index in [0.717, 1.165) is 24.0 Å². The Kier molecular flexibility index (Phi) is 4.93. The number of aliphatic hydroxyl groups excluding tert-OH is 1. The zero-order chi connectivity index (χ0) is 24.9. The molecule has 1 unspecified atom stereocenters. The van der Waals surface area contributed by atoms with Crippen LogP contribution in [0, 0.1) is 11.7 Å². The van der Waals surface area contributed by atoms with E-state index in [-0.39, 0.29) is 5.92 Å². The van der Waals surface area contributed by atoms with Gasteiger partial charge in [-0.2, -0.15) is 5.10 Å². The van der Waals surface area contributed by atoms with Crippen molar-refractivity contribution >= 4 is 27.8 Å². The van der Waals surface area contributed by atoms with Crippen LogP contribution in [0.4, 0.5) is 10.1 Å². The molecule has 5 aromatic heterocycles. The van der Waals surface area contributed by atoms with E-state index in [1.807, 2.05) is 18.2 Å². The van der Waals surface area contributed by atoms with E-state index in [4.69, 9.17) is 4.98 Å². The van der Waals surface area contributed by atoms with E-state index in [1.165, 1.54) is 0 Å². The number of pyridine rings is 3. The van der Waals surface area contributed by atoms with Gasteiger partial charge < -0.3 is 15.4 Å². The fraction of sp³-hybridized carbons (Fsp3) is 0.148. The quantitative estimate of drug-likeness (QED) is 0.243. The number of aromatic amines is 2. The van der Waals surface area contributed by atoms with Crippen molar-refractivity contribution in [2.75, 3.05) is 5.32 Å². The monoisotopic (exact) mass is 492 g/mol. The number of hydrogen-bond acceptors (Lipinski definition) is 7. The molecule has 1 aliphatic rings. The summed E-state index contributed by atoms with van der Waals surface area (Å²) in [6.07, 6.45) is 9.75. The molecule has 1 atom stereocenters. The van der Waals surface area contributed by atoms with Gasteiger partial charge in [0, 0.05) is 53.0 Å². The van der Waals surface area contributed by atoms with Crippen molar-refractivity contribution in [3.8, 4) is 33.8 Å². The summed E-state index contributed by atoms with van der Waals surface area (Å²) in [6, 6.07) is 10.9. The largest absolute Gasteiger partial charge is 0.374 e. The number of rotatable bonds is 6. The Bertz CT molecular complexity index is 1760. The molecule has 4 N–H and O–H groups in total. The minimum atomic E-state index is -0.636. The van der Waals surface area contributed by atoms with Gasteiger partial charge in [0.05, 0.1) is 22.8 Å². The number of hydrogen-bond donors (Lipinski definition) is 4. The van der Waals surface area contributed by atoms with Gasteiger partial charge in [-0.25, -0.2) is 14.4 Å². The summed E-state index contributed by atoms with van der Waals surface area (Å²) in [4.78, 5) is 20.8. The summed E-state index contributed by atoms with van der Waals surface area (Å²) in [6.45, 7) is 0. The van der Waals surface area contributed by atoms with Crippen LogP contribution in [-0.2, 0) is 0 Å². The van der Waals surface area contributed by atoms with E-state index in [2.05, 4.69) is 35.5 Å². The number of fused-ring (bicyclic) bond motifs is 2. The Morgan fingerprint density at radius 1 is 1.00 bits per heavy atom. The highest BCUT2D eigenvalue weighted by Crippen LogP contribution is 2.36. The van der Waals surface area contributed by atoms with Crippen LogP contribution in [-0.4, -0.2) is 46.5 Å². The Morgan fingerprint density at radius 3 is 2.73 bits per heavy atom. The fourth-order valence-corrected chi connectivity index (χ4v) is 4.61. The van der Waals surface area contributed by atoms with E-state index < -0.39 is 12.0 Å². The predicted molar refractivity (Wildman–Crippen MR) is 138 cm³/mol. The summed E-state index contributed by atoms with van der Waals surface area (Å²) in [5, 5.41) is 20.9. The molecule has 9 nitrogen and oxygen atoms in total. The second kappa shape index (κ2) is 8.45. The fourth-order valence-electron chi connectivity index (χ4n) is 4.61. The van der Waals surface area contributed by atoms with Gasteiger partial charge in [0.15, 0.2) is 11.5 Å². The number of aromatic nitrogens is 7. The Hall–Kier alpha value is -4.70. The van der Waals surface area contributed by atoms with Gasteiger partial charge >= 0.3 is 0 Å². The van der Waals surface area contributed by atoms with Crippen molar-refractivity contribution in [1.82, 2.24) is 35.1 Å². The molecule has 1 saturated carbocycles. The maximum atomic E-state index is 16.0. The molecule has 0 amide bonds. The second-order valence-corrected chi connectivity index (χ2v) is 9.19. The van der Waals surface area contributed by atoms with Crippen LogP contribution in [0.1, 0.15) is 12.8 Å². The number of imidazole rings is 1. The molecule has 0 radical (unpaired) electrons. The molecular weight excluding hydrogens is 471 g/mol. The molecular formula is C27H21FN8O. The summed E-state index contributed by atoms with van der Waals surface area (Å²) in [7, 11) is 0. The lowest BCUT2D eigenvalue weighted by Crippen LogP contribution is -2.20. The second-order valence-electron chi connectivity index (χ2n) is 9.19. The van der Waals surface area contributed by atoms with Crippen molar-refractivity contribution in [2.45, 2.75) is 19.1 Å². The van der Waals surface area contributed by atoms with Crippen LogP contribution in [0.3, 0.4) is 0 Å². The highest BCUT2D eigenvalue weighted by atomic mass is 19.1. The van der Waals surface area contributed by atoms with Gasteiger partial charge in [-0.3, -0.25) is 15.1 Å². The molecule has 10 heteroatoms. The van der Waals surface area contributed by atoms with Crippen molar-refractivity contribution in [1.29, 1.82) is 0 Å². The first-order valence-electron chi connectivity index (χ1n) is 12.0. The molecule has 1 aromatic carbocycles. The average molecular weight is 493 g/mol. The lowest BCUT2D eigenvalue weighted by atomic mass is 10.0. The average Bonchev–Trinajstić information content (AvgIpc) is 3.54. The van der Waals surface area contributed by atoms with E-state index in [9.17, 15) is 5.11 Å². The lowest BCUT2D eigenvalue weighted by molar-refractivity contribution is 0.180. The maximum absolute atomic E-state index is 16.0. The number of nitrogens with one attached hydrogen (secondary N) is 3. The third-order valence-electron chi connectivity index (χ3n) is 6.68. The first-order valence-corrected chi connectivity index (χ1v) is 12.0. The van der Waals surface area contributed by atoms with E-state index >= 15 is 4.39 Å². The highest BCUT2D eigenvalue weighted by molar-refractivity contribution is 5.98. The molecule has 37 heavy (non-hydrogen) atoms. The van der Waals surface area contributed by atoms with Crippen LogP contribution in [0.25, 0.3) is 55.8 Å². The molecule has 1 aliphatic carbocycles. The van der Waals surface area contributed by atoms with Crippen LogP contribution in [0.5, 0.6) is 0 Å². The van der Waals surface area contributed by atoms with Gasteiger partial charge in [0.2, 0.25) is 0 Å². The molecule has 182 valence electrons. The summed E-state index contributed by atoms with van der Waals surface area (Å²) >= 11 is 0. The van der Waals surface area contributed by atoms with Crippen molar-refractivity contribution < 1.29 is 9.50 Å². The maximum Gasteiger partial charge on any atom is 0.161 e. The number of aliphatic hydroxyl groups is 1. The van der Waals surface area contributed by atoms with Crippen LogP contribution in [0.15, 0.2) is 67.4 Å².